The Balaban J connectivity index is 0.00000392. The van der Waals surface area contributed by atoms with Gasteiger partial charge in [0, 0.05) is 24.7 Å². The van der Waals surface area contributed by atoms with Gasteiger partial charge in [0.15, 0.2) is 0 Å². The molecule has 3 N–H and O–H groups in total. The molecule has 1 heterocycles. The second kappa shape index (κ2) is 11.6. The van der Waals surface area contributed by atoms with Gasteiger partial charge in [-0.2, -0.15) is 0 Å². The normalized spacial score (nSPS) is 14.4. The summed E-state index contributed by atoms with van der Waals surface area (Å²) in [7, 11) is 3.05. The summed E-state index contributed by atoms with van der Waals surface area (Å²) >= 11 is 0. The molecular formula is C20H30ClN3O4. The van der Waals surface area contributed by atoms with E-state index in [0.717, 1.165) is 19.5 Å². The summed E-state index contributed by atoms with van der Waals surface area (Å²) in [6.45, 7) is 6.06. The van der Waals surface area contributed by atoms with Gasteiger partial charge >= 0.3 is 0 Å². The molecule has 0 saturated carbocycles. The minimum Gasteiger partial charge on any atom is -0.497 e. The number of hydrogen-bond acceptors (Lipinski definition) is 5. The van der Waals surface area contributed by atoms with E-state index in [1.807, 2.05) is 13.8 Å². The molecule has 0 fully saturated rings. The zero-order valence-electron chi connectivity index (χ0n) is 16.8. The van der Waals surface area contributed by atoms with Crippen molar-refractivity contribution in [1.29, 1.82) is 0 Å². The molecule has 7 nitrogen and oxygen atoms in total. The van der Waals surface area contributed by atoms with Crippen molar-refractivity contribution in [2.45, 2.75) is 26.3 Å². The van der Waals surface area contributed by atoms with Crippen molar-refractivity contribution in [3.8, 4) is 11.5 Å². The first-order valence-electron chi connectivity index (χ1n) is 9.15. The molecule has 1 aromatic carbocycles. The van der Waals surface area contributed by atoms with Crippen molar-refractivity contribution >= 4 is 24.2 Å². The Kier molecular flexibility index (Phi) is 9.82. The molecule has 2 amide bonds. The minimum absolute atomic E-state index is 0. The molecule has 0 aliphatic carbocycles. The number of benzene rings is 1. The summed E-state index contributed by atoms with van der Waals surface area (Å²) < 4.78 is 10.4. The van der Waals surface area contributed by atoms with Gasteiger partial charge in [0.1, 0.15) is 17.5 Å². The van der Waals surface area contributed by atoms with Crippen LogP contribution in [-0.4, -0.2) is 51.7 Å². The highest BCUT2D eigenvalue weighted by molar-refractivity contribution is 5.98. The van der Waals surface area contributed by atoms with Crippen LogP contribution in [-0.2, 0) is 4.79 Å². The van der Waals surface area contributed by atoms with Crippen LogP contribution in [0.15, 0.2) is 29.8 Å². The van der Waals surface area contributed by atoms with Crippen LogP contribution in [0.2, 0.25) is 0 Å². The molecule has 0 bridgehead atoms. The fourth-order valence-corrected chi connectivity index (χ4v) is 2.84. The van der Waals surface area contributed by atoms with Crippen molar-refractivity contribution in [3.63, 3.8) is 0 Å². The van der Waals surface area contributed by atoms with Crippen molar-refractivity contribution in [1.82, 2.24) is 16.0 Å². The van der Waals surface area contributed by atoms with Gasteiger partial charge in [-0.15, -0.1) is 12.4 Å². The Morgan fingerprint density at radius 2 is 1.79 bits per heavy atom. The van der Waals surface area contributed by atoms with Crippen molar-refractivity contribution < 1.29 is 19.1 Å². The average molecular weight is 412 g/mol. The van der Waals surface area contributed by atoms with Crippen molar-refractivity contribution in [3.05, 3.63) is 35.4 Å². The molecular weight excluding hydrogens is 382 g/mol. The third-order valence-corrected chi connectivity index (χ3v) is 4.50. The summed E-state index contributed by atoms with van der Waals surface area (Å²) in [5, 5.41) is 9.01. The van der Waals surface area contributed by atoms with Gasteiger partial charge in [0.05, 0.1) is 14.2 Å². The van der Waals surface area contributed by atoms with E-state index in [-0.39, 0.29) is 30.1 Å². The average Bonchev–Trinajstić information content (AvgIpc) is 2.70. The highest BCUT2D eigenvalue weighted by atomic mass is 35.5. The third kappa shape index (κ3) is 6.73. The maximum atomic E-state index is 12.7. The molecule has 28 heavy (non-hydrogen) atoms. The molecule has 156 valence electrons. The van der Waals surface area contributed by atoms with Crippen LogP contribution in [0.5, 0.6) is 11.5 Å². The third-order valence-electron chi connectivity index (χ3n) is 4.50. The summed E-state index contributed by atoms with van der Waals surface area (Å²) in [6, 6.07) is 4.30. The molecule has 0 spiro atoms. The number of carbonyl (C=O) groups excluding carboxylic acids is 2. The largest absolute Gasteiger partial charge is 0.497 e. The molecule has 2 rings (SSSR count). The van der Waals surface area contributed by atoms with E-state index < -0.39 is 6.04 Å². The van der Waals surface area contributed by atoms with Gasteiger partial charge in [-0.1, -0.05) is 25.5 Å². The Hall–Kier alpha value is -2.25. The van der Waals surface area contributed by atoms with Crippen LogP contribution in [0.25, 0.3) is 0 Å². The van der Waals surface area contributed by atoms with Gasteiger partial charge in [0.25, 0.3) is 5.91 Å². The zero-order valence-corrected chi connectivity index (χ0v) is 17.7. The fourth-order valence-electron chi connectivity index (χ4n) is 2.84. The lowest BCUT2D eigenvalue weighted by atomic mass is 10.0. The predicted octanol–water partition coefficient (Wildman–Crippen LogP) is 1.92. The SMILES string of the molecule is COc1cc(OC)cc(C(=O)NC(C(=O)NCC2=CCNCC2)C(C)C)c1.Cl. The van der Waals surface area contributed by atoms with Crippen LogP contribution < -0.4 is 25.4 Å². The number of rotatable bonds is 8. The molecule has 0 aromatic heterocycles. The van der Waals surface area contributed by atoms with Crippen molar-refractivity contribution in [2.24, 2.45) is 5.92 Å². The van der Waals surface area contributed by atoms with Crippen LogP contribution in [0.3, 0.4) is 0 Å². The topological polar surface area (TPSA) is 88.7 Å². The lowest BCUT2D eigenvalue weighted by molar-refractivity contribution is -0.123. The first kappa shape index (κ1) is 23.8. The van der Waals surface area contributed by atoms with Crippen LogP contribution in [0.1, 0.15) is 30.6 Å². The lowest BCUT2D eigenvalue weighted by Gasteiger charge is -2.23. The Bertz CT molecular complexity index is 684. The number of hydrogen-bond donors (Lipinski definition) is 3. The monoisotopic (exact) mass is 411 g/mol. The van der Waals surface area contributed by atoms with Crippen LogP contribution in [0, 0.1) is 5.92 Å². The van der Waals surface area contributed by atoms with Crippen LogP contribution >= 0.6 is 12.4 Å². The summed E-state index contributed by atoms with van der Waals surface area (Å²) in [5.74, 6) is 0.448. The highest BCUT2D eigenvalue weighted by Crippen LogP contribution is 2.22. The van der Waals surface area contributed by atoms with Gasteiger partial charge in [0.2, 0.25) is 5.91 Å². The second-order valence-electron chi connectivity index (χ2n) is 6.83. The summed E-state index contributed by atoms with van der Waals surface area (Å²) in [5.41, 5.74) is 1.58. The molecule has 1 aliphatic heterocycles. The quantitative estimate of drug-likeness (QED) is 0.569. The van der Waals surface area contributed by atoms with E-state index >= 15 is 0 Å². The van der Waals surface area contributed by atoms with Crippen molar-refractivity contribution in [2.75, 3.05) is 33.9 Å². The zero-order chi connectivity index (χ0) is 19.8. The first-order valence-corrected chi connectivity index (χ1v) is 9.15. The van der Waals surface area contributed by atoms with Gasteiger partial charge in [-0.3, -0.25) is 9.59 Å². The molecule has 8 heteroatoms. The van der Waals surface area contributed by atoms with E-state index in [2.05, 4.69) is 22.0 Å². The van der Waals surface area contributed by atoms with Gasteiger partial charge < -0.3 is 25.4 Å². The lowest BCUT2D eigenvalue weighted by Crippen LogP contribution is -2.50. The van der Waals surface area contributed by atoms with Gasteiger partial charge in [-0.25, -0.2) is 0 Å². The molecule has 1 aliphatic rings. The minimum atomic E-state index is -0.628. The number of amides is 2. The Morgan fingerprint density at radius 1 is 1.14 bits per heavy atom. The number of methoxy groups -OCH3 is 2. The smallest absolute Gasteiger partial charge is 0.252 e. The summed E-state index contributed by atoms with van der Waals surface area (Å²) in [4.78, 5) is 25.3. The Morgan fingerprint density at radius 3 is 2.29 bits per heavy atom. The molecule has 0 radical (unpaired) electrons. The number of carbonyl (C=O) groups is 2. The maximum Gasteiger partial charge on any atom is 0.252 e. The second-order valence-corrected chi connectivity index (χ2v) is 6.83. The molecule has 1 aromatic rings. The Labute approximate surface area is 172 Å². The van der Waals surface area contributed by atoms with E-state index in [9.17, 15) is 9.59 Å². The fraction of sp³-hybridized carbons (Fsp3) is 0.500. The highest BCUT2D eigenvalue weighted by Gasteiger charge is 2.25. The summed E-state index contributed by atoms with van der Waals surface area (Å²) in [6.07, 6.45) is 3.01. The maximum absolute atomic E-state index is 12.7. The van der Waals surface area contributed by atoms with E-state index in [4.69, 9.17) is 9.47 Å². The number of ether oxygens (including phenoxy) is 2. The standard InChI is InChI=1S/C20H29N3O4.ClH/c1-13(2)18(20(25)22-12-14-5-7-21-8-6-14)23-19(24)15-9-16(26-3)11-17(10-15)27-4;/h5,9-11,13,18,21H,6-8,12H2,1-4H3,(H,22,25)(H,23,24);1H. The molecule has 1 unspecified atom stereocenters. The first-order chi connectivity index (χ1) is 12.9. The number of nitrogens with one attached hydrogen (secondary N) is 3. The van der Waals surface area contributed by atoms with Gasteiger partial charge in [-0.05, 0) is 31.0 Å². The number of halogens is 1. The molecule has 1 atom stereocenters. The molecule has 0 saturated heterocycles. The van der Waals surface area contributed by atoms with E-state index in [1.165, 1.54) is 19.8 Å². The van der Waals surface area contributed by atoms with Crippen LogP contribution in [0.4, 0.5) is 0 Å². The predicted molar refractivity (Wildman–Crippen MR) is 111 cm³/mol. The van der Waals surface area contributed by atoms with E-state index in [1.54, 1.807) is 18.2 Å². The van der Waals surface area contributed by atoms with E-state index in [0.29, 0.717) is 23.6 Å².